The Hall–Kier alpha value is -2.41. The average molecular weight is 374 g/mol. The summed E-state index contributed by atoms with van der Waals surface area (Å²) in [6, 6.07) is 13.4. The Morgan fingerprint density at radius 1 is 1.07 bits per heavy atom. The third kappa shape index (κ3) is 3.98. The molecule has 4 nitrogen and oxygen atoms in total. The van der Waals surface area contributed by atoms with Crippen molar-refractivity contribution in [2.45, 2.75) is 32.1 Å². The summed E-state index contributed by atoms with van der Waals surface area (Å²) in [5, 5.41) is 0. The van der Waals surface area contributed by atoms with Crippen LogP contribution in [0.5, 0.6) is 0 Å². The number of benzene rings is 1. The van der Waals surface area contributed by atoms with Gasteiger partial charge in [0.1, 0.15) is 5.52 Å². The zero-order chi connectivity index (χ0) is 18.9. The van der Waals surface area contributed by atoms with Crippen LogP contribution in [-0.2, 0) is 19.3 Å². The molecule has 1 aromatic carbocycles. The van der Waals surface area contributed by atoms with Gasteiger partial charge in [0.25, 0.3) is 0 Å². The van der Waals surface area contributed by atoms with Gasteiger partial charge in [-0.15, -0.1) is 0 Å². The van der Waals surface area contributed by atoms with E-state index in [1.165, 1.54) is 16.3 Å². The number of piperidine rings is 1. The van der Waals surface area contributed by atoms with E-state index < -0.39 is 12.0 Å². The summed E-state index contributed by atoms with van der Waals surface area (Å²) in [6.07, 6.45) is -1.07. The van der Waals surface area contributed by atoms with Gasteiger partial charge < -0.3 is 4.57 Å². The molecular formula is C20H21F3N4. The van der Waals surface area contributed by atoms with Gasteiger partial charge in [-0.05, 0) is 43.0 Å². The quantitative estimate of drug-likeness (QED) is 0.680. The first-order valence-electron chi connectivity index (χ1n) is 9.15. The largest absolute Gasteiger partial charge is 0.449 e. The molecule has 0 spiro atoms. The molecule has 0 radical (unpaired) electrons. The Bertz CT molecular complexity index is 904. The molecule has 142 valence electrons. The Kier molecular flexibility index (Phi) is 4.86. The Labute approximate surface area is 155 Å². The summed E-state index contributed by atoms with van der Waals surface area (Å²) in [5.41, 5.74) is 1.83. The summed E-state index contributed by atoms with van der Waals surface area (Å²) in [6.45, 7) is 2.86. The highest BCUT2D eigenvalue weighted by Gasteiger charge is 2.38. The topological polar surface area (TPSA) is 34.0 Å². The number of fused-ring (bicyclic) bond motifs is 1. The Balaban J connectivity index is 1.55. The van der Waals surface area contributed by atoms with Gasteiger partial charge in [-0.25, -0.2) is 9.97 Å². The molecule has 0 N–H and O–H groups in total. The molecule has 1 atom stereocenters. The van der Waals surface area contributed by atoms with Crippen LogP contribution in [0.15, 0.2) is 48.7 Å². The maximum atomic E-state index is 13.5. The van der Waals surface area contributed by atoms with Crippen molar-refractivity contribution >= 4 is 11.2 Å². The van der Waals surface area contributed by atoms with E-state index in [1.807, 2.05) is 18.2 Å². The van der Waals surface area contributed by atoms with Crippen LogP contribution >= 0.6 is 0 Å². The zero-order valence-corrected chi connectivity index (χ0v) is 14.9. The SMILES string of the molecule is FC(F)(F)c1nc2cccnc2n1C[C@@H]1CCCN(Cc2ccccc2)C1. The molecule has 1 saturated heterocycles. The number of rotatable bonds is 4. The fourth-order valence-corrected chi connectivity index (χ4v) is 3.89. The summed E-state index contributed by atoms with van der Waals surface area (Å²) < 4.78 is 41.7. The highest BCUT2D eigenvalue weighted by atomic mass is 19.4. The lowest BCUT2D eigenvalue weighted by Gasteiger charge is -2.33. The minimum atomic E-state index is -4.49. The number of likely N-dealkylation sites (tertiary alicyclic amines) is 1. The standard InChI is InChI=1S/C20H21F3N4/c21-20(22,23)19-25-17-9-4-10-24-18(17)27(19)14-16-8-5-11-26(13-16)12-15-6-2-1-3-7-15/h1-4,6-7,9-10,16H,5,8,11-14H2/t16-/m1/s1. The van der Waals surface area contributed by atoms with Crippen LogP contribution < -0.4 is 0 Å². The van der Waals surface area contributed by atoms with Crippen molar-refractivity contribution in [1.29, 1.82) is 0 Å². The van der Waals surface area contributed by atoms with Crippen LogP contribution in [0.2, 0.25) is 0 Å². The smallest absolute Gasteiger partial charge is 0.305 e. The van der Waals surface area contributed by atoms with Gasteiger partial charge in [0.2, 0.25) is 5.82 Å². The van der Waals surface area contributed by atoms with Gasteiger partial charge in [0.05, 0.1) is 0 Å². The van der Waals surface area contributed by atoms with E-state index in [-0.39, 0.29) is 12.5 Å². The number of hydrogen-bond acceptors (Lipinski definition) is 3. The van der Waals surface area contributed by atoms with Crippen molar-refractivity contribution < 1.29 is 13.2 Å². The summed E-state index contributed by atoms with van der Waals surface area (Å²) in [5.74, 6) is -0.709. The predicted octanol–water partition coefficient (Wildman–Crippen LogP) is 4.36. The summed E-state index contributed by atoms with van der Waals surface area (Å²) in [7, 11) is 0. The van der Waals surface area contributed by atoms with Crippen LogP contribution in [0.3, 0.4) is 0 Å². The van der Waals surface area contributed by atoms with Crippen molar-refractivity contribution in [3.05, 3.63) is 60.0 Å². The molecule has 4 rings (SSSR count). The van der Waals surface area contributed by atoms with Crippen molar-refractivity contribution in [3.63, 3.8) is 0 Å². The second-order valence-corrected chi connectivity index (χ2v) is 7.12. The zero-order valence-electron chi connectivity index (χ0n) is 14.9. The molecule has 1 aliphatic heterocycles. The van der Waals surface area contributed by atoms with Crippen molar-refractivity contribution in [3.8, 4) is 0 Å². The lowest BCUT2D eigenvalue weighted by Crippen LogP contribution is -2.37. The van der Waals surface area contributed by atoms with Gasteiger partial charge in [0, 0.05) is 25.8 Å². The van der Waals surface area contributed by atoms with Gasteiger partial charge in [-0.3, -0.25) is 4.90 Å². The number of halogens is 3. The number of aromatic nitrogens is 3. The minimum Gasteiger partial charge on any atom is -0.305 e. The van der Waals surface area contributed by atoms with E-state index in [4.69, 9.17) is 0 Å². The molecule has 3 aromatic rings. The fraction of sp³-hybridized carbons (Fsp3) is 0.400. The van der Waals surface area contributed by atoms with E-state index in [2.05, 4.69) is 27.0 Å². The third-order valence-electron chi connectivity index (χ3n) is 5.05. The third-order valence-corrected chi connectivity index (χ3v) is 5.05. The van der Waals surface area contributed by atoms with Crippen LogP contribution in [-0.4, -0.2) is 32.5 Å². The molecule has 7 heteroatoms. The predicted molar refractivity (Wildman–Crippen MR) is 97.0 cm³/mol. The second-order valence-electron chi connectivity index (χ2n) is 7.12. The number of imidazole rings is 1. The molecule has 0 aliphatic carbocycles. The van der Waals surface area contributed by atoms with Crippen LogP contribution in [0.25, 0.3) is 11.2 Å². The van der Waals surface area contributed by atoms with Crippen LogP contribution in [0.1, 0.15) is 24.2 Å². The molecule has 27 heavy (non-hydrogen) atoms. The van der Waals surface area contributed by atoms with Gasteiger partial charge in [0.15, 0.2) is 5.65 Å². The van der Waals surface area contributed by atoms with Gasteiger partial charge in [-0.1, -0.05) is 30.3 Å². The van der Waals surface area contributed by atoms with Gasteiger partial charge >= 0.3 is 6.18 Å². The maximum absolute atomic E-state index is 13.5. The number of alkyl halides is 3. The minimum absolute atomic E-state index is 0.142. The number of pyridine rings is 1. The van der Waals surface area contributed by atoms with Crippen LogP contribution in [0.4, 0.5) is 13.2 Å². The monoisotopic (exact) mass is 374 g/mol. The lowest BCUT2D eigenvalue weighted by atomic mass is 9.97. The summed E-state index contributed by atoms with van der Waals surface area (Å²) >= 11 is 0. The average Bonchev–Trinajstić information content (AvgIpc) is 3.02. The normalized spacial score (nSPS) is 18.9. The van der Waals surface area contributed by atoms with E-state index in [9.17, 15) is 13.2 Å². The first-order chi connectivity index (χ1) is 13.0. The molecule has 1 fully saturated rings. The first kappa shape index (κ1) is 18.0. The van der Waals surface area contributed by atoms with Crippen molar-refractivity contribution in [2.24, 2.45) is 5.92 Å². The number of hydrogen-bond donors (Lipinski definition) is 0. The highest BCUT2D eigenvalue weighted by molar-refractivity contribution is 5.71. The molecule has 0 unspecified atom stereocenters. The molecule has 2 aromatic heterocycles. The first-order valence-corrected chi connectivity index (χ1v) is 9.15. The number of nitrogens with zero attached hydrogens (tertiary/aromatic N) is 4. The molecular weight excluding hydrogens is 353 g/mol. The Morgan fingerprint density at radius 2 is 1.89 bits per heavy atom. The van der Waals surface area contributed by atoms with Gasteiger partial charge in [-0.2, -0.15) is 13.2 Å². The molecule has 3 heterocycles. The van der Waals surface area contributed by atoms with E-state index >= 15 is 0 Å². The van der Waals surface area contributed by atoms with E-state index in [0.29, 0.717) is 11.2 Å². The molecule has 0 amide bonds. The maximum Gasteiger partial charge on any atom is 0.449 e. The van der Waals surface area contributed by atoms with Crippen molar-refractivity contribution in [1.82, 2.24) is 19.4 Å². The van der Waals surface area contributed by atoms with E-state index in [1.54, 1.807) is 12.1 Å². The fourth-order valence-electron chi connectivity index (χ4n) is 3.89. The molecule has 0 saturated carbocycles. The lowest BCUT2D eigenvalue weighted by molar-refractivity contribution is -0.147. The molecule has 0 bridgehead atoms. The van der Waals surface area contributed by atoms with E-state index in [0.717, 1.165) is 32.5 Å². The second kappa shape index (κ2) is 7.31. The highest BCUT2D eigenvalue weighted by Crippen LogP contribution is 2.32. The summed E-state index contributed by atoms with van der Waals surface area (Å²) in [4.78, 5) is 10.3. The molecule has 1 aliphatic rings. The Morgan fingerprint density at radius 3 is 2.67 bits per heavy atom. The van der Waals surface area contributed by atoms with Crippen molar-refractivity contribution in [2.75, 3.05) is 13.1 Å². The van der Waals surface area contributed by atoms with Crippen LogP contribution in [0, 0.1) is 5.92 Å².